The van der Waals surface area contributed by atoms with E-state index in [9.17, 15) is 4.79 Å². The number of aromatic amines is 1. The van der Waals surface area contributed by atoms with Gasteiger partial charge in [-0.1, -0.05) is 0 Å². The lowest BCUT2D eigenvalue weighted by molar-refractivity contribution is 1.02. The second-order valence-corrected chi connectivity index (χ2v) is 2.75. The third kappa shape index (κ3) is 0.967. The van der Waals surface area contributed by atoms with E-state index in [1.807, 2.05) is 0 Å². The molecule has 1 aromatic heterocycles. The number of rotatable bonds is 1. The highest BCUT2D eigenvalue weighted by molar-refractivity contribution is 5.14. The SMILES string of the molecule is O=c1cc[nH]c(C2CC2)c1. The summed E-state index contributed by atoms with van der Waals surface area (Å²) in [6.45, 7) is 0. The molecule has 0 bridgehead atoms. The zero-order valence-corrected chi connectivity index (χ0v) is 5.63. The van der Waals surface area contributed by atoms with Crippen molar-refractivity contribution < 1.29 is 0 Å². The van der Waals surface area contributed by atoms with E-state index in [0.29, 0.717) is 5.92 Å². The summed E-state index contributed by atoms with van der Waals surface area (Å²) in [5.74, 6) is 0.647. The van der Waals surface area contributed by atoms with Gasteiger partial charge in [0.1, 0.15) is 0 Å². The van der Waals surface area contributed by atoms with Gasteiger partial charge in [0.25, 0.3) is 0 Å². The Morgan fingerprint density at radius 2 is 2.30 bits per heavy atom. The Morgan fingerprint density at radius 1 is 1.50 bits per heavy atom. The Kier molecular flexibility index (Phi) is 1.13. The summed E-state index contributed by atoms with van der Waals surface area (Å²) in [5, 5.41) is 0. The predicted molar refractivity (Wildman–Crippen MR) is 39.0 cm³/mol. The highest BCUT2D eigenvalue weighted by Crippen LogP contribution is 2.37. The Labute approximate surface area is 58.9 Å². The van der Waals surface area contributed by atoms with Crippen molar-refractivity contribution in [1.82, 2.24) is 4.98 Å². The molecule has 52 valence electrons. The minimum Gasteiger partial charge on any atom is -0.365 e. The summed E-state index contributed by atoms with van der Waals surface area (Å²) in [6.07, 6.45) is 4.19. The molecule has 10 heavy (non-hydrogen) atoms. The van der Waals surface area contributed by atoms with Crippen molar-refractivity contribution in [2.24, 2.45) is 0 Å². The zero-order valence-electron chi connectivity index (χ0n) is 5.63. The molecule has 0 aromatic carbocycles. The number of hydrogen-bond acceptors (Lipinski definition) is 1. The second-order valence-electron chi connectivity index (χ2n) is 2.75. The van der Waals surface area contributed by atoms with E-state index < -0.39 is 0 Å². The van der Waals surface area contributed by atoms with Gasteiger partial charge in [-0.3, -0.25) is 4.79 Å². The lowest BCUT2D eigenvalue weighted by atomic mass is 10.2. The molecular weight excluding hydrogens is 126 g/mol. The molecule has 0 aliphatic heterocycles. The Hall–Kier alpha value is -1.05. The lowest BCUT2D eigenvalue weighted by Gasteiger charge is -1.93. The quantitative estimate of drug-likeness (QED) is 0.617. The molecule has 0 radical (unpaired) electrons. The third-order valence-corrected chi connectivity index (χ3v) is 1.81. The number of nitrogens with one attached hydrogen (secondary N) is 1. The van der Waals surface area contributed by atoms with Crippen molar-refractivity contribution in [3.63, 3.8) is 0 Å². The van der Waals surface area contributed by atoms with Gasteiger partial charge >= 0.3 is 0 Å². The largest absolute Gasteiger partial charge is 0.365 e. The zero-order chi connectivity index (χ0) is 6.97. The van der Waals surface area contributed by atoms with Crippen LogP contribution in [0.2, 0.25) is 0 Å². The van der Waals surface area contributed by atoms with Gasteiger partial charge in [0.05, 0.1) is 0 Å². The summed E-state index contributed by atoms with van der Waals surface area (Å²) < 4.78 is 0. The number of H-pyrrole nitrogens is 1. The van der Waals surface area contributed by atoms with Crippen LogP contribution in [0.5, 0.6) is 0 Å². The molecule has 1 aromatic rings. The van der Waals surface area contributed by atoms with Crippen LogP contribution in [0, 0.1) is 0 Å². The van der Waals surface area contributed by atoms with Crippen LogP contribution < -0.4 is 5.43 Å². The minimum absolute atomic E-state index is 0.112. The number of hydrogen-bond donors (Lipinski definition) is 1. The van der Waals surface area contributed by atoms with E-state index in [-0.39, 0.29) is 5.43 Å². The highest BCUT2D eigenvalue weighted by Gasteiger charge is 2.23. The van der Waals surface area contributed by atoms with Gasteiger partial charge in [0, 0.05) is 24.0 Å². The van der Waals surface area contributed by atoms with Gasteiger partial charge < -0.3 is 4.98 Å². The maximum Gasteiger partial charge on any atom is 0.181 e. The normalized spacial score (nSPS) is 17.2. The van der Waals surface area contributed by atoms with Gasteiger partial charge in [-0.25, -0.2) is 0 Å². The molecule has 0 saturated heterocycles. The summed E-state index contributed by atoms with van der Waals surface area (Å²) >= 11 is 0. The van der Waals surface area contributed by atoms with Crippen LogP contribution in [0.1, 0.15) is 24.5 Å². The van der Waals surface area contributed by atoms with E-state index in [1.54, 1.807) is 18.3 Å². The molecule has 1 aliphatic carbocycles. The van der Waals surface area contributed by atoms with Crippen LogP contribution in [0.25, 0.3) is 0 Å². The number of aromatic nitrogens is 1. The molecule has 1 heterocycles. The monoisotopic (exact) mass is 135 g/mol. The molecule has 0 amide bonds. The Morgan fingerprint density at radius 3 is 2.90 bits per heavy atom. The Bertz CT molecular complexity index is 285. The lowest BCUT2D eigenvalue weighted by Crippen LogP contribution is -1.99. The van der Waals surface area contributed by atoms with Crippen molar-refractivity contribution in [2.45, 2.75) is 18.8 Å². The van der Waals surface area contributed by atoms with Crippen LogP contribution in [-0.2, 0) is 0 Å². The van der Waals surface area contributed by atoms with Gasteiger partial charge in [-0.2, -0.15) is 0 Å². The van der Waals surface area contributed by atoms with Crippen LogP contribution in [-0.4, -0.2) is 4.98 Å². The average molecular weight is 135 g/mol. The van der Waals surface area contributed by atoms with Crippen molar-refractivity contribution in [3.8, 4) is 0 Å². The van der Waals surface area contributed by atoms with Crippen LogP contribution in [0.3, 0.4) is 0 Å². The highest BCUT2D eigenvalue weighted by atomic mass is 16.1. The average Bonchev–Trinajstić information content (AvgIpc) is 2.68. The fraction of sp³-hybridized carbons (Fsp3) is 0.375. The van der Waals surface area contributed by atoms with E-state index in [2.05, 4.69) is 4.98 Å². The fourth-order valence-electron chi connectivity index (χ4n) is 1.09. The van der Waals surface area contributed by atoms with Crippen LogP contribution in [0.15, 0.2) is 23.1 Å². The molecule has 1 saturated carbocycles. The first-order chi connectivity index (χ1) is 4.86. The topological polar surface area (TPSA) is 32.9 Å². The van der Waals surface area contributed by atoms with Gasteiger partial charge in [-0.15, -0.1) is 0 Å². The van der Waals surface area contributed by atoms with E-state index in [0.717, 1.165) is 5.69 Å². The molecule has 1 N–H and O–H groups in total. The maximum atomic E-state index is 10.8. The molecule has 0 unspecified atom stereocenters. The first kappa shape index (κ1) is 5.71. The van der Waals surface area contributed by atoms with Gasteiger partial charge in [0.2, 0.25) is 0 Å². The molecular formula is C8H9NO. The van der Waals surface area contributed by atoms with E-state index in [1.165, 1.54) is 12.8 Å². The standard InChI is InChI=1S/C8H9NO/c10-7-3-4-9-8(5-7)6-1-2-6/h3-6H,1-2H2,(H,9,10). The first-order valence-corrected chi connectivity index (χ1v) is 3.55. The Balaban J connectivity index is 2.41. The molecule has 2 rings (SSSR count). The smallest absolute Gasteiger partial charge is 0.181 e. The second kappa shape index (κ2) is 1.97. The molecule has 1 fully saturated rings. The van der Waals surface area contributed by atoms with Crippen molar-refractivity contribution >= 4 is 0 Å². The first-order valence-electron chi connectivity index (χ1n) is 3.55. The van der Waals surface area contributed by atoms with Gasteiger partial charge in [-0.05, 0) is 18.8 Å². The summed E-state index contributed by atoms with van der Waals surface area (Å²) in [4.78, 5) is 13.9. The predicted octanol–water partition coefficient (Wildman–Crippen LogP) is 1.25. The van der Waals surface area contributed by atoms with E-state index in [4.69, 9.17) is 0 Å². The number of pyridine rings is 1. The maximum absolute atomic E-state index is 10.8. The van der Waals surface area contributed by atoms with Crippen LogP contribution >= 0.6 is 0 Å². The van der Waals surface area contributed by atoms with E-state index >= 15 is 0 Å². The summed E-state index contributed by atoms with van der Waals surface area (Å²) in [5.41, 5.74) is 1.22. The third-order valence-electron chi connectivity index (χ3n) is 1.81. The van der Waals surface area contributed by atoms with Crippen molar-refractivity contribution in [2.75, 3.05) is 0 Å². The fourth-order valence-corrected chi connectivity index (χ4v) is 1.09. The van der Waals surface area contributed by atoms with Crippen molar-refractivity contribution in [1.29, 1.82) is 0 Å². The summed E-state index contributed by atoms with van der Waals surface area (Å²) in [6, 6.07) is 3.24. The molecule has 0 spiro atoms. The van der Waals surface area contributed by atoms with Gasteiger partial charge in [0.15, 0.2) is 5.43 Å². The van der Waals surface area contributed by atoms with Crippen molar-refractivity contribution in [3.05, 3.63) is 34.2 Å². The molecule has 2 nitrogen and oxygen atoms in total. The minimum atomic E-state index is 0.112. The molecule has 1 aliphatic rings. The molecule has 0 atom stereocenters. The summed E-state index contributed by atoms with van der Waals surface area (Å²) in [7, 11) is 0. The van der Waals surface area contributed by atoms with Crippen LogP contribution in [0.4, 0.5) is 0 Å². The molecule has 2 heteroatoms.